The van der Waals surface area contributed by atoms with E-state index < -0.39 is 0 Å². The van der Waals surface area contributed by atoms with Crippen molar-refractivity contribution in [3.05, 3.63) is 11.3 Å². The molecule has 1 unspecified atom stereocenters. The fraction of sp³-hybridized carbons (Fsp3) is 0.857. The molecule has 0 aliphatic heterocycles. The molecular weight excluding hydrogens is 212 g/mol. The number of hydrogen-bond donors (Lipinski definition) is 0. The van der Waals surface area contributed by atoms with Crippen LogP contribution in [-0.2, 0) is 4.43 Å². The predicted octanol–water partition coefficient (Wildman–Crippen LogP) is 3.57. The fourth-order valence-corrected chi connectivity index (χ4v) is 3.33. The van der Waals surface area contributed by atoms with Crippen LogP contribution < -0.4 is 0 Å². The zero-order chi connectivity index (χ0) is 12.4. The van der Waals surface area contributed by atoms with Crippen LogP contribution in [0.4, 0.5) is 0 Å². The Morgan fingerprint density at radius 2 is 1.81 bits per heavy atom. The van der Waals surface area contributed by atoms with Gasteiger partial charge in [-0.05, 0) is 36.2 Å². The van der Waals surface area contributed by atoms with Gasteiger partial charge in [-0.25, -0.2) is 0 Å². The highest BCUT2D eigenvalue weighted by Crippen LogP contribution is 2.50. The van der Waals surface area contributed by atoms with Gasteiger partial charge in [-0.1, -0.05) is 40.5 Å². The lowest BCUT2D eigenvalue weighted by Gasteiger charge is -2.45. The maximum absolute atomic E-state index is 5.75. The first-order valence-electron chi connectivity index (χ1n) is 6.57. The largest absolute Gasteiger partial charge is 0.556 e. The third-order valence-electron chi connectivity index (χ3n) is 4.73. The second-order valence-electron chi connectivity index (χ2n) is 6.40. The molecular formula is C14H28OSi. The van der Waals surface area contributed by atoms with Crippen molar-refractivity contribution in [2.24, 2.45) is 10.8 Å². The molecule has 16 heavy (non-hydrogen) atoms. The molecule has 1 aliphatic rings. The Morgan fingerprint density at radius 1 is 1.19 bits per heavy atom. The molecule has 0 N–H and O–H groups in total. The van der Waals surface area contributed by atoms with Crippen LogP contribution in [0.3, 0.4) is 0 Å². The van der Waals surface area contributed by atoms with Gasteiger partial charge in [-0.2, -0.15) is 0 Å². The topological polar surface area (TPSA) is 9.23 Å². The van der Waals surface area contributed by atoms with Gasteiger partial charge in [0.15, 0.2) is 0 Å². The molecule has 1 nitrogen and oxygen atoms in total. The summed E-state index contributed by atoms with van der Waals surface area (Å²) in [4.78, 5) is 0. The van der Waals surface area contributed by atoms with Gasteiger partial charge in [0, 0.05) is 6.42 Å². The summed E-state index contributed by atoms with van der Waals surface area (Å²) in [6, 6.07) is 0. The van der Waals surface area contributed by atoms with E-state index in [4.69, 9.17) is 4.43 Å². The molecule has 1 aliphatic carbocycles. The predicted molar refractivity (Wildman–Crippen MR) is 74.4 cm³/mol. The van der Waals surface area contributed by atoms with E-state index in [1.807, 2.05) is 0 Å². The van der Waals surface area contributed by atoms with Crippen molar-refractivity contribution in [2.75, 3.05) is 0 Å². The molecule has 2 heteroatoms. The SMILES string of the molecule is CC1=C(O[SiH3])CCCCCC1(C)C(C)(C)C. The van der Waals surface area contributed by atoms with Crippen molar-refractivity contribution in [3.63, 3.8) is 0 Å². The van der Waals surface area contributed by atoms with Crippen molar-refractivity contribution in [1.82, 2.24) is 0 Å². The van der Waals surface area contributed by atoms with Crippen molar-refractivity contribution < 1.29 is 4.43 Å². The van der Waals surface area contributed by atoms with Gasteiger partial charge in [0.2, 0.25) is 10.5 Å². The summed E-state index contributed by atoms with van der Waals surface area (Å²) in [5.41, 5.74) is 2.13. The first-order chi connectivity index (χ1) is 7.33. The average Bonchev–Trinajstić information content (AvgIpc) is 2.18. The normalized spacial score (nSPS) is 28.8. The molecule has 0 aromatic rings. The quantitative estimate of drug-likeness (QED) is 0.637. The number of rotatable bonds is 1. The molecule has 0 aromatic heterocycles. The average molecular weight is 240 g/mol. The molecule has 1 atom stereocenters. The summed E-state index contributed by atoms with van der Waals surface area (Å²) in [7, 11) is 0.824. The molecule has 0 aromatic carbocycles. The molecule has 0 fully saturated rings. The summed E-state index contributed by atoms with van der Waals surface area (Å²) in [5, 5.41) is 0. The summed E-state index contributed by atoms with van der Waals surface area (Å²) < 4.78 is 5.75. The van der Waals surface area contributed by atoms with Gasteiger partial charge in [0.05, 0.1) is 5.76 Å². The minimum Gasteiger partial charge on any atom is -0.556 e. The summed E-state index contributed by atoms with van der Waals surface area (Å²) in [6.07, 6.45) is 6.47. The molecule has 0 amide bonds. The lowest BCUT2D eigenvalue weighted by Crippen LogP contribution is -2.35. The first kappa shape index (κ1) is 13.8. The van der Waals surface area contributed by atoms with Crippen LogP contribution in [0.5, 0.6) is 0 Å². The van der Waals surface area contributed by atoms with Gasteiger partial charge in [-0.15, -0.1) is 0 Å². The maximum atomic E-state index is 5.75. The highest BCUT2D eigenvalue weighted by molar-refractivity contribution is 5.98. The molecule has 0 saturated heterocycles. The van der Waals surface area contributed by atoms with Gasteiger partial charge >= 0.3 is 0 Å². The molecule has 0 bridgehead atoms. The molecule has 0 heterocycles. The highest BCUT2D eigenvalue weighted by Gasteiger charge is 2.40. The van der Waals surface area contributed by atoms with E-state index in [-0.39, 0.29) is 0 Å². The summed E-state index contributed by atoms with van der Waals surface area (Å²) >= 11 is 0. The summed E-state index contributed by atoms with van der Waals surface area (Å²) in [5.74, 6) is 1.30. The lowest BCUT2D eigenvalue weighted by atomic mass is 9.60. The third kappa shape index (κ3) is 2.53. The first-order valence-corrected chi connectivity index (χ1v) is 7.39. The third-order valence-corrected chi connectivity index (χ3v) is 5.22. The zero-order valence-electron chi connectivity index (χ0n) is 11.9. The Hall–Kier alpha value is -0.243. The van der Waals surface area contributed by atoms with Crippen LogP contribution >= 0.6 is 0 Å². The van der Waals surface area contributed by atoms with Gasteiger partial charge < -0.3 is 4.43 Å². The molecule has 0 saturated carbocycles. The van der Waals surface area contributed by atoms with E-state index >= 15 is 0 Å². The van der Waals surface area contributed by atoms with Crippen LogP contribution in [0.1, 0.15) is 66.7 Å². The monoisotopic (exact) mass is 240 g/mol. The smallest absolute Gasteiger partial charge is 0.203 e. The van der Waals surface area contributed by atoms with Crippen molar-refractivity contribution >= 4 is 10.5 Å². The van der Waals surface area contributed by atoms with E-state index in [0.29, 0.717) is 10.8 Å². The second-order valence-corrected chi connectivity index (χ2v) is 6.80. The van der Waals surface area contributed by atoms with Crippen molar-refractivity contribution in [1.29, 1.82) is 0 Å². The van der Waals surface area contributed by atoms with Gasteiger partial charge in [-0.3, -0.25) is 0 Å². The van der Waals surface area contributed by atoms with E-state index in [2.05, 4.69) is 34.6 Å². The minimum absolute atomic E-state index is 0.299. The molecule has 0 radical (unpaired) electrons. The van der Waals surface area contributed by atoms with E-state index in [9.17, 15) is 0 Å². The molecule has 1 rings (SSSR count). The Morgan fingerprint density at radius 3 is 2.31 bits per heavy atom. The Labute approximate surface area is 104 Å². The second kappa shape index (κ2) is 4.95. The lowest BCUT2D eigenvalue weighted by molar-refractivity contribution is 0.125. The van der Waals surface area contributed by atoms with Crippen LogP contribution in [0, 0.1) is 10.8 Å². The zero-order valence-corrected chi connectivity index (χ0v) is 13.9. The van der Waals surface area contributed by atoms with Crippen LogP contribution in [0.15, 0.2) is 11.3 Å². The highest BCUT2D eigenvalue weighted by atomic mass is 28.2. The van der Waals surface area contributed by atoms with E-state index in [1.165, 1.54) is 37.0 Å². The molecule has 94 valence electrons. The summed E-state index contributed by atoms with van der Waals surface area (Å²) in [6.45, 7) is 11.8. The van der Waals surface area contributed by atoms with Crippen LogP contribution in [0.25, 0.3) is 0 Å². The van der Waals surface area contributed by atoms with E-state index in [0.717, 1.165) is 16.9 Å². The molecule has 0 spiro atoms. The number of allylic oxidation sites excluding steroid dienone is 2. The Balaban J connectivity index is 3.16. The maximum Gasteiger partial charge on any atom is 0.203 e. The van der Waals surface area contributed by atoms with Crippen LogP contribution in [-0.4, -0.2) is 10.5 Å². The standard InChI is InChI=1S/C14H28OSi/c1-11-12(15-16)9-7-6-8-10-14(11,5)13(2,3)4/h6-10H2,1-5,16H3. The minimum atomic E-state index is 0.299. The van der Waals surface area contributed by atoms with Crippen molar-refractivity contribution in [3.8, 4) is 0 Å². The van der Waals surface area contributed by atoms with Gasteiger partial charge in [0.1, 0.15) is 0 Å². The Kier molecular flexibility index (Phi) is 4.27. The van der Waals surface area contributed by atoms with Gasteiger partial charge in [0.25, 0.3) is 0 Å². The number of hydrogen-bond acceptors (Lipinski definition) is 1. The van der Waals surface area contributed by atoms with Crippen molar-refractivity contribution in [2.45, 2.75) is 66.7 Å². The Bertz CT molecular complexity index is 275. The van der Waals surface area contributed by atoms with E-state index in [1.54, 1.807) is 0 Å². The fourth-order valence-electron chi connectivity index (χ4n) is 2.82. The van der Waals surface area contributed by atoms with Crippen LogP contribution in [0.2, 0.25) is 0 Å².